The normalized spacial score (nSPS) is 17.2. The van der Waals surface area contributed by atoms with Gasteiger partial charge in [-0.2, -0.15) is 0 Å². The first-order valence-corrected chi connectivity index (χ1v) is 12.1. The number of hydrogen-bond donors (Lipinski definition) is 0. The molecule has 2 amide bonds. The topological polar surface area (TPSA) is 68.3 Å². The SMILES string of the molecule is COc1cc2c(cc1OC)CC(=O)N(CC(=O)N1CCC[C@@H]1c1ccc(OC)c3ccccc13)C=C2. The van der Waals surface area contributed by atoms with E-state index in [-0.39, 0.29) is 30.8 Å². The minimum absolute atomic E-state index is 0.00216. The number of carbonyl (C=O) groups excluding carboxylic acids is 2. The number of hydrogen-bond acceptors (Lipinski definition) is 5. The summed E-state index contributed by atoms with van der Waals surface area (Å²) in [6.07, 6.45) is 5.55. The largest absolute Gasteiger partial charge is 0.496 e. The Morgan fingerprint density at radius 3 is 2.42 bits per heavy atom. The Labute approximate surface area is 210 Å². The Bertz CT molecular complexity index is 1350. The number of benzene rings is 3. The first-order valence-electron chi connectivity index (χ1n) is 12.1. The van der Waals surface area contributed by atoms with Crippen LogP contribution >= 0.6 is 0 Å². The zero-order valence-electron chi connectivity index (χ0n) is 20.8. The molecule has 0 N–H and O–H groups in total. The van der Waals surface area contributed by atoms with Crippen LogP contribution in [0.1, 0.15) is 35.6 Å². The number of nitrogens with zero attached hydrogens (tertiary/aromatic N) is 2. The molecule has 7 nitrogen and oxygen atoms in total. The van der Waals surface area contributed by atoms with Crippen molar-refractivity contribution in [2.45, 2.75) is 25.3 Å². The molecule has 0 aliphatic carbocycles. The van der Waals surface area contributed by atoms with Gasteiger partial charge in [-0.1, -0.05) is 30.3 Å². The Balaban J connectivity index is 1.38. The van der Waals surface area contributed by atoms with Gasteiger partial charge in [-0.25, -0.2) is 0 Å². The first kappa shape index (κ1) is 23.7. The van der Waals surface area contributed by atoms with E-state index in [0.29, 0.717) is 18.0 Å². The quantitative estimate of drug-likeness (QED) is 0.510. The van der Waals surface area contributed by atoms with Gasteiger partial charge in [0.1, 0.15) is 12.3 Å². The summed E-state index contributed by atoms with van der Waals surface area (Å²) in [5.41, 5.74) is 2.83. The van der Waals surface area contributed by atoms with Gasteiger partial charge >= 0.3 is 0 Å². The standard InChI is InChI=1S/C29H30N2O5/c1-34-25-11-10-22(21-7-4-5-8-23(21)25)24-9-6-13-31(24)29(33)18-30-14-12-19-15-26(35-2)27(36-3)16-20(19)17-28(30)32/h4-5,7-8,10-12,14-16,24H,6,9,13,17-18H2,1-3H3/t24-/m1/s1. The van der Waals surface area contributed by atoms with Crippen molar-refractivity contribution in [3.05, 3.63) is 71.4 Å². The summed E-state index contributed by atoms with van der Waals surface area (Å²) in [4.78, 5) is 30.1. The maximum absolute atomic E-state index is 13.5. The van der Waals surface area contributed by atoms with Gasteiger partial charge in [0.25, 0.3) is 0 Å². The monoisotopic (exact) mass is 486 g/mol. The van der Waals surface area contributed by atoms with Crippen molar-refractivity contribution in [2.24, 2.45) is 0 Å². The van der Waals surface area contributed by atoms with E-state index in [1.165, 1.54) is 4.90 Å². The summed E-state index contributed by atoms with van der Waals surface area (Å²) in [6.45, 7) is 0.673. The molecule has 3 aromatic carbocycles. The van der Waals surface area contributed by atoms with E-state index in [1.807, 2.05) is 47.4 Å². The molecule has 0 bridgehead atoms. The summed E-state index contributed by atoms with van der Waals surface area (Å²) in [5, 5.41) is 2.12. The van der Waals surface area contributed by atoms with Gasteiger partial charge in [-0.3, -0.25) is 9.59 Å². The molecule has 7 heteroatoms. The molecular weight excluding hydrogens is 456 g/mol. The second-order valence-corrected chi connectivity index (χ2v) is 9.07. The molecule has 2 aliphatic heterocycles. The molecule has 0 radical (unpaired) electrons. The molecule has 1 fully saturated rings. The highest BCUT2D eigenvalue weighted by atomic mass is 16.5. The highest BCUT2D eigenvalue weighted by molar-refractivity contribution is 5.93. The van der Waals surface area contributed by atoms with E-state index >= 15 is 0 Å². The van der Waals surface area contributed by atoms with E-state index in [2.05, 4.69) is 12.1 Å². The molecule has 0 unspecified atom stereocenters. The lowest BCUT2D eigenvalue weighted by Crippen LogP contribution is -2.40. The average Bonchev–Trinajstić information content (AvgIpc) is 3.34. The van der Waals surface area contributed by atoms with Crippen LogP contribution in [-0.2, 0) is 16.0 Å². The van der Waals surface area contributed by atoms with Crippen LogP contribution in [0.5, 0.6) is 17.2 Å². The number of likely N-dealkylation sites (tertiary alicyclic amines) is 1. The van der Waals surface area contributed by atoms with E-state index < -0.39 is 0 Å². The number of amides is 2. The lowest BCUT2D eigenvalue weighted by molar-refractivity contribution is -0.138. The summed E-state index contributed by atoms with van der Waals surface area (Å²) in [7, 11) is 4.82. The third kappa shape index (κ3) is 4.26. The minimum atomic E-state index is -0.129. The Morgan fingerprint density at radius 1 is 0.944 bits per heavy atom. The van der Waals surface area contributed by atoms with Gasteiger partial charge in [-0.05, 0) is 59.2 Å². The van der Waals surface area contributed by atoms with Gasteiger partial charge in [0, 0.05) is 18.1 Å². The van der Waals surface area contributed by atoms with Crippen molar-refractivity contribution in [1.82, 2.24) is 9.80 Å². The molecule has 36 heavy (non-hydrogen) atoms. The van der Waals surface area contributed by atoms with Gasteiger partial charge in [0.05, 0.1) is 33.8 Å². The van der Waals surface area contributed by atoms with Gasteiger partial charge < -0.3 is 24.0 Å². The van der Waals surface area contributed by atoms with Crippen LogP contribution in [0.2, 0.25) is 0 Å². The highest BCUT2D eigenvalue weighted by Gasteiger charge is 2.33. The Morgan fingerprint density at radius 2 is 1.67 bits per heavy atom. The Kier molecular flexibility index (Phi) is 6.55. The highest BCUT2D eigenvalue weighted by Crippen LogP contribution is 2.39. The zero-order valence-corrected chi connectivity index (χ0v) is 20.8. The van der Waals surface area contributed by atoms with Gasteiger partial charge in [-0.15, -0.1) is 0 Å². The van der Waals surface area contributed by atoms with E-state index in [1.54, 1.807) is 27.5 Å². The summed E-state index contributed by atoms with van der Waals surface area (Å²) in [6, 6.07) is 15.8. The molecule has 3 aromatic rings. The van der Waals surface area contributed by atoms with Crippen molar-refractivity contribution < 1.29 is 23.8 Å². The van der Waals surface area contributed by atoms with Crippen LogP contribution in [0.25, 0.3) is 16.8 Å². The predicted molar refractivity (Wildman–Crippen MR) is 138 cm³/mol. The molecule has 186 valence electrons. The molecule has 1 atom stereocenters. The van der Waals surface area contributed by atoms with Crippen molar-refractivity contribution in [3.8, 4) is 17.2 Å². The predicted octanol–water partition coefficient (Wildman–Crippen LogP) is 4.58. The van der Waals surface area contributed by atoms with Crippen LogP contribution in [0.3, 0.4) is 0 Å². The number of methoxy groups -OCH3 is 3. The lowest BCUT2D eigenvalue weighted by atomic mass is 9.96. The Hall–Kier alpha value is -4.00. The second kappa shape index (κ2) is 9.93. The molecule has 2 aliphatic rings. The van der Waals surface area contributed by atoms with E-state index in [4.69, 9.17) is 14.2 Å². The number of ether oxygens (including phenoxy) is 3. The average molecular weight is 487 g/mol. The maximum Gasteiger partial charge on any atom is 0.243 e. The number of fused-ring (bicyclic) bond motifs is 2. The zero-order chi connectivity index (χ0) is 25.2. The van der Waals surface area contributed by atoms with Crippen molar-refractivity contribution in [2.75, 3.05) is 34.4 Å². The van der Waals surface area contributed by atoms with E-state index in [9.17, 15) is 9.59 Å². The van der Waals surface area contributed by atoms with Crippen LogP contribution in [-0.4, -0.2) is 56.0 Å². The second-order valence-electron chi connectivity index (χ2n) is 9.07. The molecule has 2 heterocycles. The fraction of sp³-hybridized carbons (Fsp3) is 0.310. The fourth-order valence-electron chi connectivity index (χ4n) is 5.29. The molecule has 0 saturated carbocycles. The van der Waals surface area contributed by atoms with Gasteiger partial charge in [0.2, 0.25) is 11.8 Å². The molecule has 0 aromatic heterocycles. The van der Waals surface area contributed by atoms with Crippen LogP contribution in [0, 0.1) is 0 Å². The molecular formula is C29H30N2O5. The summed E-state index contributed by atoms with van der Waals surface area (Å²) in [5.74, 6) is 1.81. The molecule has 0 spiro atoms. The fourth-order valence-corrected chi connectivity index (χ4v) is 5.29. The van der Waals surface area contributed by atoms with Crippen molar-refractivity contribution in [1.29, 1.82) is 0 Å². The molecule has 1 saturated heterocycles. The number of rotatable bonds is 6. The third-order valence-corrected chi connectivity index (χ3v) is 7.12. The smallest absolute Gasteiger partial charge is 0.243 e. The third-order valence-electron chi connectivity index (χ3n) is 7.12. The van der Waals surface area contributed by atoms with Crippen LogP contribution in [0.4, 0.5) is 0 Å². The summed E-state index contributed by atoms with van der Waals surface area (Å²) < 4.78 is 16.3. The molecule has 5 rings (SSSR count). The van der Waals surface area contributed by atoms with Crippen molar-refractivity contribution in [3.63, 3.8) is 0 Å². The maximum atomic E-state index is 13.5. The summed E-state index contributed by atoms with van der Waals surface area (Å²) >= 11 is 0. The van der Waals surface area contributed by atoms with Gasteiger partial charge in [0.15, 0.2) is 11.5 Å². The van der Waals surface area contributed by atoms with Crippen LogP contribution in [0.15, 0.2) is 54.7 Å². The minimum Gasteiger partial charge on any atom is -0.496 e. The first-order chi connectivity index (χ1) is 17.5. The van der Waals surface area contributed by atoms with Crippen molar-refractivity contribution >= 4 is 28.7 Å². The van der Waals surface area contributed by atoms with E-state index in [0.717, 1.165) is 46.1 Å². The van der Waals surface area contributed by atoms with Crippen LogP contribution < -0.4 is 14.2 Å². The lowest BCUT2D eigenvalue weighted by Gasteiger charge is -2.28. The number of carbonyl (C=O) groups is 2.